The fourth-order valence-corrected chi connectivity index (χ4v) is 2.60. The summed E-state index contributed by atoms with van der Waals surface area (Å²) >= 11 is 12.0. The van der Waals surface area contributed by atoms with Crippen molar-refractivity contribution in [3.63, 3.8) is 0 Å². The molecule has 0 aliphatic rings. The lowest BCUT2D eigenvalue weighted by atomic mass is 10.1. The van der Waals surface area contributed by atoms with E-state index in [4.69, 9.17) is 23.2 Å². The van der Waals surface area contributed by atoms with Crippen LogP contribution < -0.4 is 0 Å². The van der Waals surface area contributed by atoms with Gasteiger partial charge in [0.1, 0.15) is 5.75 Å². The van der Waals surface area contributed by atoms with E-state index in [2.05, 4.69) is 9.98 Å². The van der Waals surface area contributed by atoms with E-state index in [1.165, 1.54) is 12.4 Å². The van der Waals surface area contributed by atoms with Crippen molar-refractivity contribution in [2.45, 2.75) is 26.5 Å². The van der Waals surface area contributed by atoms with Crippen LogP contribution in [-0.2, 0) is 6.61 Å². The number of aliphatic hydroxyl groups excluding tert-OH is 1. The molecule has 0 fully saturated rings. The second kappa shape index (κ2) is 7.09. The number of aryl methyl sites for hydroxylation is 1. The van der Waals surface area contributed by atoms with E-state index < -0.39 is 0 Å². The van der Waals surface area contributed by atoms with Crippen molar-refractivity contribution in [2.24, 2.45) is 4.99 Å². The molecule has 1 heterocycles. The highest BCUT2D eigenvalue weighted by molar-refractivity contribution is 6.35. The molecule has 116 valence electrons. The Balaban J connectivity index is 2.34. The van der Waals surface area contributed by atoms with Crippen LogP contribution in [0.25, 0.3) is 0 Å². The minimum absolute atomic E-state index is 0.0182. The van der Waals surface area contributed by atoms with Crippen LogP contribution in [0.1, 0.15) is 35.3 Å². The van der Waals surface area contributed by atoms with E-state index in [0.717, 1.165) is 5.56 Å². The third kappa shape index (κ3) is 3.58. The van der Waals surface area contributed by atoms with Gasteiger partial charge >= 0.3 is 0 Å². The predicted octanol–water partition coefficient (Wildman–Crippen LogP) is 4.07. The molecular weight excluding hydrogens is 323 g/mol. The lowest BCUT2D eigenvalue weighted by molar-refractivity contribution is 0.280. The largest absolute Gasteiger partial charge is 0.505 e. The maximum atomic E-state index is 10.1. The minimum Gasteiger partial charge on any atom is -0.505 e. The number of hydrogen-bond acceptors (Lipinski definition) is 4. The number of aliphatic hydroxyl groups is 1. The Kier molecular flexibility index (Phi) is 5.40. The Bertz CT molecular complexity index is 718. The van der Waals surface area contributed by atoms with Gasteiger partial charge < -0.3 is 10.2 Å². The summed E-state index contributed by atoms with van der Waals surface area (Å²) < 4.78 is 0. The van der Waals surface area contributed by atoms with Gasteiger partial charge in [-0.15, -0.1) is 0 Å². The van der Waals surface area contributed by atoms with E-state index in [9.17, 15) is 10.2 Å². The molecule has 0 aliphatic heterocycles. The monoisotopic (exact) mass is 338 g/mol. The normalized spacial score (nSPS) is 12.8. The predicted molar refractivity (Wildman–Crippen MR) is 89.0 cm³/mol. The Morgan fingerprint density at radius 3 is 2.73 bits per heavy atom. The summed E-state index contributed by atoms with van der Waals surface area (Å²) in [4.78, 5) is 8.43. The number of pyridine rings is 1. The van der Waals surface area contributed by atoms with Crippen LogP contribution in [0.2, 0.25) is 10.0 Å². The van der Waals surface area contributed by atoms with Gasteiger partial charge in [0.05, 0.1) is 18.3 Å². The standard InChI is InChI=1S/C16H16Cl2N2O2/c1-9(13-4-3-12(17)5-15(13)18)20-7-14-11(8-21)6-19-10(2)16(14)22/h3-7,9,21-22H,8H2,1-2H3/t9-/m0/s1. The summed E-state index contributed by atoms with van der Waals surface area (Å²) in [6.45, 7) is 3.35. The molecule has 4 nitrogen and oxygen atoms in total. The number of aromatic hydroxyl groups is 1. The van der Waals surface area contributed by atoms with Gasteiger partial charge in [-0.1, -0.05) is 29.3 Å². The summed E-state index contributed by atoms with van der Waals surface area (Å²) in [5.74, 6) is 0.0182. The number of rotatable bonds is 4. The number of aromatic nitrogens is 1. The van der Waals surface area contributed by atoms with Gasteiger partial charge in [0.2, 0.25) is 0 Å². The van der Waals surface area contributed by atoms with Crippen LogP contribution in [0, 0.1) is 6.92 Å². The van der Waals surface area contributed by atoms with E-state index in [0.29, 0.717) is 26.9 Å². The summed E-state index contributed by atoms with van der Waals surface area (Å²) in [5, 5.41) is 20.5. The number of halogens is 2. The van der Waals surface area contributed by atoms with E-state index in [-0.39, 0.29) is 18.4 Å². The van der Waals surface area contributed by atoms with Crippen molar-refractivity contribution in [1.29, 1.82) is 0 Å². The molecular formula is C16H16Cl2N2O2. The first-order chi connectivity index (χ1) is 10.4. The molecule has 1 aromatic heterocycles. The van der Waals surface area contributed by atoms with Crippen molar-refractivity contribution in [1.82, 2.24) is 4.98 Å². The molecule has 0 amide bonds. The maximum absolute atomic E-state index is 10.1. The van der Waals surface area contributed by atoms with Gasteiger partial charge in [-0.25, -0.2) is 0 Å². The second-order valence-corrected chi connectivity index (χ2v) is 5.75. The third-order valence-corrected chi connectivity index (χ3v) is 3.93. The molecule has 6 heteroatoms. The van der Waals surface area contributed by atoms with Crippen LogP contribution in [0.15, 0.2) is 29.4 Å². The van der Waals surface area contributed by atoms with E-state index in [1.54, 1.807) is 19.1 Å². The highest BCUT2D eigenvalue weighted by Crippen LogP contribution is 2.29. The first-order valence-electron chi connectivity index (χ1n) is 6.70. The SMILES string of the molecule is Cc1ncc(CO)c(C=N[C@@H](C)c2ccc(Cl)cc2Cl)c1O. The number of aliphatic imine (C=N–C) groups is 1. The lowest BCUT2D eigenvalue weighted by Crippen LogP contribution is -1.99. The van der Waals surface area contributed by atoms with Crippen LogP contribution in [0.5, 0.6) is 5.75 Å². The van der Waals surface area contributed by atoms with Crippen molar-refractivity contribution in [3.8, 4) is 5.75 Å². The molecule has 2 N–H and O–H groups in total. The maximum Gasteiger partial charge on any atom is 0.145 e. The summed E-state index contributed by atoms with van der Waals surface area (Å²) in [5.41, 5.74) is 2.29. The summed E-state index contributed by atoms with van der Waals surface area (Å²) in [6, 6.07) is 5.01. The average molecular weight is 339 g/mol. The second-order valence-electron chi connectivity index (χ2n) is 4.91. The zero-order valence-corrected chi connectivity index (χ0v) is 13.7. The highest BCUT2D eigenvalue weighted by atomic mass is 35.5. The minimum atomic E-state index is -0.224. The van der Waals surface area contributed by atoms with Gasteiger partial charge in [-0.2, -0.15) is 0 Å². The fourth-order valence-electron chi connectivity index (χ4n) is 2.03. The van der Waals surface area contributed by atoms with Crippen LogP contribution in [0.4, 0.5) is 0 Å². The number of benzene rings is 1. The lowest BCUT2D eigenvalue weighted by Gasteiger charge is -2.11. The molecule has 0 saturated heterocycles. The number of nitrogens with zero attached hydrogens (tertiary/aromatic N) is 2. The van der Waals surface area contributed by atoms with Crippen molar-refractivity contribution < 1.29 is 10.2 Å². The first-order valence-corrected chi connectivity index (χ1v) is 7.46. The average Bonchev–Trinajstić information content (AvgIpc) is 2.48. The molecule has 0 radical (unpaired) electrons. The van der Waals surface area contributed by atoms with E-state index >= 15 is 0 Å². The molecule has 1 atom stereocenters. The third-order valence-electron chi connectivity index (χ3n) is 3.37. The topological polar surface area (TPSA) is 65.7 Å². The Morgan fingerprint density at radius 2 is 2.09 bits per heavy atom. The fraction of sp³-hybridized carbons (Fsp3) is 0.250. The van der Waals surface area contributed by atoms with Crippen LogP contribution >= 0.6 is 23.2 Å². The molecule has 0 saturated carbocycles. The van der Waals surface area contributed by atoms with Gasteiger partial charge in [0.15, 0.2) is 0 Å². The molecule has 0 aliphatic carbocycles. The quantitative estimate of drug-likeness (QED) is 0.825. The van der Waals surface area contributed by atoms with Gasteiger partial charge in [-0.3, -0.25) is 9.98 Å². The van der Waals surface area contributed by atoms with Crippen molar-refractivity contribution in [3.05, 3.63) is 56.8 Å². The Hall–Kier alpha value is -1.62. The zero-order valence-electron chi connectivity index (χ0n) is 12.2. The van der Waals surface area contributed by atoms with Crippen molar-refractivity contribution >= 4 is 29.4 Å². The molecule has 22 heavy (non-hydrogen) atoms. The van der Waals surface area contributed by atoms with Crippen LogP contribution in [0.3, 0.4) is 0 Å². The summed E-state index contributed by atoms with van der Waals surface area (Å²) in [6.07, 6.45) is 3.06. The molecule has 1 aromatic carbocycles. The molecule has 2 rings (SSSR count). The molecule has 0 spiro atoms. The van der Waals surface area contributed by atoms with Crippen molar-refractivity contribution in [2.75, 3.05) is 0 Å². The molecule has 2 aromatic rings. The Labute approximate surface area is 139 Å². The van der Waals surface area contributed by atoms with Crippen LogP contribution in [-0.4, -0.2) is 21.4 Å². The zero-order chi connectivity index (χ0) is 16.3. The van der Waals surface area contributed by atoms with Gasteiger partial charge in [-0.05, 0) is 31.5 Å². The highest BCUT2D eigenvalue weighted by Gasteiger charge is 2.12. The Morgan fingerprint density at radius 1 is 1.36 bits per heavy atom. The molecule has 0 unspecified atom stereocenters. The van der Waals surface area contributed by atoms with Gasteiger partial charge in [0, 0.05) is 33.6 Å². The van der Waals surface area contributed by atoms with E-state index in [1.807, 2.05) is 13.0 Å². The summed E-state index contributed by atoms with van der Waals surface area (Å²) in [7, 11) is 0. The molecule has 0 bridgehead atoms. The number of hydrogen-bond donors (Lipinski definition) is 2. The smallest absolute Gasteiger partial charge is 0.145 e. The first kappa shape index (κ1) is 16.7. The van der Waals surface area contributed by atoms with Gasteiger partial charge in [0.25, 0.3) is 0 Å².